The summed E-state index contributed by atoms with van der Waals surface area (Å²) in [5.41, 5.74) is 4.01. The fourth-order valence-corrected chi connectivity index (χ4v) is 2.94. The normalized spacial score (nSPS) is 10.8. The van der Waals surface area contributed by atoms with Gasteiger partial charge in [0.25, 0.3) is 0 Å². The van der Waals surface area contributed by atoms with Gasteiger partial charge in [-0.1, -0.05) is 55.5 Å². The van der Waals surface area contributed by atoms with Crippen LogP contribution in [0.15, 0.2) is 71.8 Å². The third kappa shape index (κ3) is 5.91. The summed E-state index contributed by atoms with van der Waals surface area (Å²) >= 11 is 0. The predicted molar refractivity (Wildman–Crippen MR) is 120 cm³/mol. The molecule has 154 valence electrons. The number of carbonyl (C=O) groups is 2. The largest absolute Gasteiger partial charge is 0.493 e. The standard InChI is InChI=1S/C24H25N3O3/c1-2-16-30-22-13-12-18-8-6-7-11-20(18)21(22)17-25-27-24(29)15-14-23(28)26-19-9-4-3-5-10-19/h3-13,17H,2,14-16H2,1H3,(H,26,28)(H,27,29). The quantitative estimate of drug-likeness (QED) is 0.408. The summed E-state index contributed by atoms with van der Waals surface area (Å²) in [6.07, 6.45) is 2.61. The molecule has 0 atom stereocenters. The lowest BCUT2D eigenvalue weighted by Gasteiger charge is -2.11. The molecule has 6 nitrogen and oxygen atoms in total. The van der Waals surface area contributed by atoms with Crippen molar-refractivity contribution in [3.8, 4) is 5.75 Å². The molecule has 2 N–H and O–H groups in total. The topological polar surface area (TPSA) is 79.8 Å². The molecule has 0 aliphatic carbocycles. The van der Waals surface area contributed by atoms with Crippen molar-refractivity contribution in [1.29, 1.82) is 0 Å². The van der Waals surface area contributed by atoms with Crippen LogP contribution >= 0.6 is 0 Å². The zero-order chi connectivity index (χ0) is 21.2. The van der Waals surface area contributed by atoms with Gasteiger partial charge in [-0.2, -0.15) is 5.10 Å². The highest BCUT2D eigenvalue weighted by Gasteiger charge is 2.09. The zero-order valence-electron chi connectivity index (χ0n) is 16.9. The fraction of sp³-hybridized carbons (Fsp3) is 0.208. The van der Waals surface area contributed by atoms with E-state index >= 15 is 0 Å². The molecular weight excluding hydrogens is 378 g/mol. The summed E-state index contributed by atoms with van der Waals surface area (Å²) in [5, 5.41) is 8.89. The Balaban J connectivity index is 1.59. The number of fused-ring (bicyclic) bond motifs is 1. The Labute approximate surface area is 175 Å². The van der Waals surface area contributed by atoms with Gasteiger partial charge in [0.1, 0.15) is 5.75 Å². The maximum Gasteiger partial charge on any atom is 0.240 e. The van der Waals surface area contributed by atoms with Gasteiger partial charge in [-0.15, -0.1) is 0 Å². The van der Waals surface area contributed by atoms with Crippen LogP contribution in [0.1, 0.15) is 31.7 Å². The second kappa shape index (κ2) is 10.8. The molecule has 30 heavy (non-hydrogen) atoms. The predicted octanol–water partition coefficient (Wildman–Crippen LogP) is 4.50. The van der Waals surface area contributed by atoms with E-state index < -0.39 is 0 Å². The summed E-state index contributed by atoms with van der Waals surface area (Å²) in [6, 6.07) is 21.0. The average Bonchev–Trinajstić information content (AvgIpc) is 2.77. The Kier molecular flexibility index (Phi) is 7.55. The van der Waals surface area contributed by atoms with Crippen molar-refractivity contribution >= 4 is 34.5 Å². The number of rotatable bonds is 9. The van der Waals surface area contributed by atoms with E-state index in [0.29, 0.717) is 12.3 Å². The van der Waals surface area contributed by atoms with Crippen LogP contribution in [0.4, 0.5) is 5.69 Å². The molecule has 0 bridgehead atoms. The smallest absolute Gasteiger partial charge is 0.240 e. The minimum atomic E-state index is -0.328. The van der Waals surface area contributed by atoms with Crippen molar-refractivity contribution in [3.05, 3.63) is 72.3 Å². The SMILES string of the molecule is CCCOc1ccc2ccccc2c1C=NNC(=O)CCC(=O)Nc1ccccc1. The van der Waals surface area contributed by atoms with Gasteiger partial charge in [0.05, 0.1) is 12.8 Å². The summed E-state index contributed by atoms with van der Waals surface area (Å²) in [5.74, 6) is 0.172. The fourth-order valence-electron chi connectivity index (χ4n) is 2.94. The molecule has 6 heteroatoms. The highest BCUT2D eigenvalue weighted by molar-refractivity contribution is 6.02. The summed E-state index contributed by atoms with van der Waals surface area (Å²) in [4.78, 5) is 24.0. The Morgan fingerprint density at radius 3 is 2.47 bits per heavy atom. The Morgan fingerprint density at radius 1 is 0.933 bits per heavy atom. The number of benzene rings is 3. The first kappa shape index (κ1) is 21.0. The molecule has 3 rings (SSSR count). The van der Waals surface area contributed by atoms with E-state index in [1.54, 1.807) is 18.3 Å². The molecule has 0 radical (unpaired) electrons. The molecule has 0 spiro atoms. The van der Waals surface area contributed by atoms with Gasteiger partial charge in [0.15, 0.2) is 0 Å². The van der Waals surface area contributed by atoms with Crippen molar-refractivity contribution in [2.24, 2.45) is 5.10 Å². The van der Waals surface area contributed by atoms with Crippen LogP contribution in [0, 0.1) is 0 Å². The first-order chi connectivity index (χ1) is 14.7. The van der Waals surface area contributed by atoms with Crippen molar-refractivity contribution in [3.63, 3.8) is 0 Å². The zero-order valence-corrected chi connectivity index (χ0v) is 16.9. The third-order valence-corrected chi connectivity index (χ3v) is 4.41. The first-order valence-electron chi connectivity index (χ1n) is 9.98. The number of carbonyl (C=O) groups excluding carboxylic acids is 2. The summed E-state index contributed by atoms with van der Waals surface area (Å²) in [7, 11) is 0. The van der Waals surface area contributed by atoms with Gasteiger partial charge in [-0.3, -0.25) is 9.59 Å². The maximum atomic E-state index is 12.1. The maximum absolute atomic E-state index is 12.1. The average molecular weight is 403 g/mol. The number of nitrogens with one attached hydrogen (secondary N) is 2. The third-order valence-electron chi connectivity index (χ3n) is 4.41. The lowest BCUT2D eigenvalue weighted by molar-refractivity contribution is -0.124. The van der Waals surface area contributed by atoms with Crippen molar-refractivity contribution in [2.45, 2.75) is 26.2 Å². The first-order valence-corrected chi connectivity index (χ1v) is 9.98. The van der Waals surface area contributed by atoms with Crippen LogP contribution in [0.25, 0.3) is 10.8 Å². The number of amides is 2. The van der Waals surface area contributed by atoms with Crippen LogP contribution in [-0.4, -0.2) is 24.6 Å². The van der Waals surface area contributed by atoms with E-state index in [1.807, 2.05) is 61.5 Å². The molecule has 0 heterocycles. The molecule has 3 aromatic carbocycles. The van der Waals surface area contributed by atoms with E-state index in [2.05, 4.69) is 15.8 Å². The molecule has 2 amide bonds. The number of ether oxygens (including phenoxy) is 1. The Morgan fingerprint density at radius 2 is 1.67 bits per heavy atom. The van der Waals surface area contributed by atoms with Gasteiger partial charge in [-0.25, -0.2) is 5.43 Å². The Hall–Kier alpha value is -3.67. The molecule has 0 aliphatic heterocycles. The van der Waals surface area contributed by atoms with E-state index in [1.165, 1.54) is 0 Å². The number of para-hydroxylation sites is 1. The number of hydrogen-bond acceptors (Lipinski definition) is 4. The molecule has 0 unspecified atom stereocenters. The molecular formula is C24H25N3O3. The van der Waals surface area contributed by atoms with Crippen LogP contribution in [-0.2, 0) is 9.59 Å². The van der Waals surface area contributed by atoms with Gasteiger partial charge in [0, 0.05) is 24.1 Å². The van der Waals surface area contributed by atoms with Crippen LogP contribution < -0.4 is 15.5 Å². The minimum absolute atomic E-state index is 0.0464. The highest BCUT2D eigenvalue weighted by atomic mass is 16.5. The second-order valence-electron chi connectivity index (χ2n) is 6.75. The van der Waals surface area contributed by atoms with Gasteiger partial charge < -0.3 is 10.1 Å². The Bertz CT molecular complexity index is 1030. The monoisotopic (exact) mass is 403 g/mol. The minimum Gasteiger partial charge on any atom is -0.493 e. The summed E-state index contributed by atoms with van der Waals surface area (Å²) in [6.45, 7) is 2.64. The lowest BCUT2D eigenvalue weighted by atomic mass is 10.0. The molecule has 0 saturated heterocycles. The van der Waals surface area contributed by atoms with E-state index in [-0.39, 0.29) is 24.7 Å². The number of hydrazone groups is 1. The lowest BCUT2D eigenvalue weighted by Crippen LogP contribution is -2.20. The highest BCUT2D eigenvalue weighted by Crippen LogP contribution is 2.26. The molecule has 3 aromatic rings. The summed E-state index contributed by atoms with van der Waals surface area (Å²) < 4.78 is 5.83. The molecule has 0 fully saturated rings. The van der Waals surface area contributed by atoms with E-state index in [0.717, 1.165) is 28.5 Å². The number of anilines is 1. The van der Waals surface area contributed by atoms with E-state index in [4.69, 9.17) is 4.74 Å². The van der Waals surface area contributed by atoms with Gasteiger partial charge in [0.2, 0.25) is 11.8 Å². The van der Waals surface area contributed by atoms with E-state index in [9.17, 15) is 9.59 Å². The second-order valence-corrected chi connectivity index (χ2v) is 6.75. The van der Waals surface area contributed by atoms with Crippen molar-refractivity contribution in [1.82, 2.24) is 5.43 Å². The van der Waals surface area contributed by atoms with Crippen molar-refractivity contribution < 1.29 is 14.3 Å². The molecule has 0 aliphatic rings. The van der Waals surface area contributed by atoms with Crippen LogP contribution in [0.3, 0.4) is 0 Å². The van der Waals surface area contributed by atoms with Gasteiger partial charge >= 0.3 is 0 Å². The van der Waals surface area contributed by atoms with Gasteiger partial charge in [-0.05, 0) is 35.4 Å². The molecule has 0 aromatic heterocycles. The van der Waals surface area contributed by atoms with Crippen LogP contribution in [0.5, 0.6) is 5.75 Å². The van der Waals surface area contributed by atoms with Crippen LogP contribution in [0.2, 0.25) is 0 Å². The number of nitrogens with zero attached hydrogens (tertiary/aromatic N) is 1. The van der Waals surface area contributed by atoms with Crippen molar-refractivity contribution in [2.75, 3.05) is 11.9 Å². The molecule has 0 saturated carbocycles. The number of hydrogen-bond donors (Lipinski definition) is 2.